The maximum atomic E-state index is 13.3. The Morgan fingerprint density at radius 2 is 2.00 bits per heavy atom. The number of alkyl halides is 3. The quantitative estimate of drug-likeness (QED) is 0.802. The molecule has 0 saturated heterocycles. The molecule has 1 atom stereocenters. The number of ether oxygens (including phenoxy) is 1. The number of benzene rings is 1. The molecule has 1 aliphatic rings. The fraction of sp³-hybridized carbons (Fsp3) is 0.250. The minimum absolute atomic E-state index is 0.108. The molecule has 1 aromatic carbocycles. The van der Waals surface area contributed by atoms with Crippen LogP contribution in [-0.2, 0) is 4.79 Å². The number of aliphatic carboxylic acids is 1. The lowest BCUT2D eigenvalue weighted by atomic mass is 10.00. The highest BCUT2D eigenvalue weighted by Gasteiger charge is 2.48. The molecule has 3 nitrogen and oxygen atoms in total. The van der Waals surface area contributed by atoms with Crippen LogP contribution < -0.4 is 4.74 Å². The molecule has 0 fully saturated rings. The molecule has 0 aromatic heterocycles. The van der Waals surface area contributed by atoms with Gasteiger partial charge >= 0.3 is 12.1 Å². The van der Waals surface area contributed by atoms with Crippen LogP contribution in [-0.4, -0.2) is 23.4 Å². The van der Waals surface area contributed by atoms with Crippen molar-refractivity contribution in [2.45, 2.75) is 19.2 Å². The number of hydrogen-bond donors (Lipinski definition) is 1. The smallest absolute Gasteiger partial charge is 0.430 e. The van der Waals surface area contributed by atoms with Gasteiger partial charge in [0.25, 0.3) is 0 Å². The van der Waals surface area contributed by atoms with Crippen molar-refractivity contribution >= 4 is 12.0 Å². The molecule has 1 N–H and O–H groups in total. The average Bonchev–Trinajstić information content (AvgIpc) is 2.27. The van der Waals surface area contributed by atoms with Gasteiger partial charge in [0.15, 0.2) is 0 Å². The van der Waals surface area contributed by atoms with Crippen LogP contribution in [0.5, 0.6) is 5.75 Å². The number of hydrogen-bond acceptors (Lipinski definition) is 2. The largest absolute Gasteiger partial charge is 0.478 e. The maximum absolute atomic E-state index is 13.3. The van der Waals surface area contributed by atoms with Crippen molar-refractivity contribution in [2.24, 2.45) is 0 Å². The Kier molecular flexibility index (Phi) is 3.00. The fourth-order valence-corrected chi connectivity index (χ4v) is 1.75. The summed E-state index contributed by atoms with van der Waals surface area (Å²) in [7, 11) is 0. The zero-order valence-corrected chi connectivity index (χ0v) is 9.58. The fourth-order valence-electron chi connectivity index (χ4n) is 1.75. The lowest BCUT2D eigenvalue weighted by molar-refractivity contribution is -0.187. The Bertz CT molecular complexity index is 575. The van der Waals surface area contributed by atoms with E-state index in [0.717, 1.165) is 12.1 Å². The molecule has 19 heavy (non-hydrogen) atoms. The third-order valence-corrected chi connectivity index (χ3v) is 2.67. The van der Waals surface area contributed by atoms with Gasteiger partial charge in [0.2, 0.25) is 6.10 Å². The van der Waals surface area contributed by atoms with Gasteiger partial charge in [0, 0.05) is 11.6 Å². The average molecular weight is 276 g/mol. The first-order chi connectivity index (χ1) is 8.70. The van der Waals surface area contributed by atoms with Crippen LogP contribution in [0.1, 0.15) is 11.1 Å². The summed E-state index contributed by atoms with van der Waals surface area (Å²) in [5.74, 6) is -2.77. The Balaban J connectivity index is 2.57. The SMILES string of the molecule is Cc1cc2c(cc1F)OC(C(F)(F)F)C(C(=O)O)=C2. The number of carboxylic acid groups (broad SMARTS) is 1. The van der Waals surface area contributed by atoms with Gasteiger partial charge in [-0.1, -0.05) is 0 Å². The molecule has 0 bridgehead atoms. The predicted octanol–water partition coefficient (Wildman–Crippen LogP) is 2.93. The van der Waals surface area contributed by atoms with Gasteiger partial charge in [-0.15, -0.1) is 0 Å². The Morgan fingerprint density at radius 1 is 1.37 bits per heavy atom. The molecular formula is C12H8F4O3. The van der Waals surface area contributed by atoms with E-state index in [1.165, 1.54) is 13.0 Å². The Hall–Kier alpha value is -2.05. The van der Waals surface area contributed by atoms with Gasteiger partial charge in [-0.25, -0.2) is 9.18 Å². The summed E-state index contributed by atoms with van der Waals surface area (Å²) in [6.45, 7) is 1.42. The summed E-state index contributed by atoms with van der Waals surface area (Å²) in [6, 6.07) is 2.05. The van der Waals surface area contributed by atoms with Crippen molar-refractivity contribution in [1.29, 1.82) is 0 Å². The lowest BCUT2D eigenvalue weighted by Gasteiger charge is -2.27. The van der Waals surface area contributed by atoms with Crippen molar-refractivity contribution in [1.82, 2.24) is 0 Å². The standard InChI is InChI=1S/C12H8F4O3/c1-5-2-6-3-7(11(17)18)10(12(14,15)16)19-9(6)4-8(5)13/h2-4,10H,1H3,(H,17,18). The highest BCUT2D eigenvalue weighted by molar-refractivity contribution is 5.95. The van der Waals surface area contributed by atoms with E-state index in [1.807, 2.05) is 0 Å². The van der Waals surface area contributed by atoms with E-state index in [4.69, 9.17) is 5.11 Å². The van der Waals surface area contributed by atoms with Crippen LogP contribution in [0.3, 0.4) is 0 Å². The Morgan fingerprint density at radius 3 is 2.53 bits per heavy atom. The summed E-state index contributed by atoms with van der Waals surface area (Å²) in [6.07, 6.45) is -6.63. The minimum Gasteiger partial charge on any atom is -0.478 e. The van der Waals surface area contributed by atoms with Gasteiger partial charge in [0.05, 0.1) is 5.57 Å². The number of aryl methyl sites for hydroxylation is 1. The molecule has 2 rings (SSSR count). The van der Waals surface area contributed by atoms with Gasteiger partial charge in [0.1, 0.15) is 11.6 Å². The van der Waals surface area contributed by atoms with E-state index >= 15 is 0 Å². The first kappa shape index (κ1) is 13.4. The van der Waals surface area contributed by atoms with Crippen LogP contribution in [0.15, 0.2) is 17.7 Å². The molecule has 7 heteroatoms. The topological polar surface area (TPSA) is 46.5 Å². The van der Waals surface area contributed by atoms with E-state index < -0.39 is 29.6 Å². The normalized spacial score (nSPS) is 18.4. The first-order valence-electron chi connectivity index (χ1n) is 5.18. The van der Waals surface area contributed by atoms with Gasteiger partial charge in [-0.05, 0) is 24.6 Å². The van der Waals surface area contributed by atoms with Crippen LogP contribution >= 0.6 is 0 Å². The molecule has 0 aliphatic carbocycles. The second-order valence-corrected chi connectivity index (χ2v) is 4.08. The van der Waals surface area contributed by atoms with E-state index in [9.17, 15) is 22.4 Å². The third kappa shape index (κ3) is 2.40. The van der Waals surface area contributed by atoms with Crippen molar-refractivity contribution < 1.29 is 32.2 Å². The summed E-state index contributed by atoms with van der Waals surface area (Å²) in [5, 5.41) is 8.80. The lowest BCUT2D eigenvalue weighted by Crippen LogP contribution is -2.40. The predicted molar refractivity (Wildman–Crippen MR) is 57.2 cm³/mol. The number of carbonyl (C=O) groups is 1. The van der Waals surface area contributed by atoms with Crippen molar-refractivity contribution in [2.75, 3.05) is 0 Å². The van der Waals surface area contributed by atoms with Gasteiger partial charge < -0.3 is 9.84 Å². The molecule has 0 spiro atoms. The number of halogens is 4. The molecule has 102 valence electrons. The molecule has 1 aromatic rings. The highest BCUT2D eigenvalue weighted by Crippen LogP contribution is 2.38. The highest BCUT2D eigenvalue weighted by atomic mass is 19.4. The molecule has 0 saturated carbocycles. The summed E-state index contributed by atoms with van der Waals surface area (Å²) in [5.41, 5.74) is -0.628. The van der Waals surface area contributed by atoms with E-state index in [2.05, 4.69) is 4.74 Å². The zero-order chi connectivity index (χ0) is 14.4. The summed E-state index contributed by atoms with van der Waals surface area (Å²) in [4.78, 5) is 10.9. The number of fused-ring (bicyclic) bond motifs is 1. The van der Waals surface area contributed by atoms with Crippen molar-refractivity contribution in [3.8, 4) is 5.75 Å². The van der Waals surface area contributed by atoms with Crippen LogP contribution in [0, 0.1) is 12.7 Å². The monoisotopic (exact) mass is 276 g/mol. The van der Waals surface area contributed by atoms with Gasteiger partial charge in [-0.2, -0.15) is 13.2 Å². The van der Waals surface area contributed by atoms with Crippen LogP contribution in [0.2, 0.25) is 0 Å². The molecule has 1 unspecified atom stereocenters. The molecular weight excluding hydrogens is 268 g/mol. The molecule has 0 amide bonds. The first-order valence-corrected chi connectivity index (χ1v) is 5.18. The zero-order valence-electron chi connectivity index (χ0n) is 9.58. The van der Waals surface area contributed by atoms with E-state index in [1.54, 1.807) is 0 Å². The maximum Gasteiger partial charge on any atom is 0.430 e. The second kappa shape index (κ2) is 4.25. The second-order valence-electron chi connectivity index (χ2n) is 4.08. The van der Waals surface area contributed by atoms with E-state index in [-0.39, 0.29) is 16.9 Å². The third-order valence-electron chi connectivity index (χ3n) is 2.67. The summed E-state index contributed by atoms with van der Waals surface area (Å²) < 4.78 is 56.0. The molecule has 1 heterocycles. The van der Waals surface area contributed by atoms with Crippen molar-refractivity contribution in [3.05, 3.63) is 34.6 Å². The van der Waals surface area contributed by atoms with E-state index in [0.29, 0.717) is 0 Å². The van der Waals surface area contributed by atoms with Crippen molar-refractivity contribution in [3.63, 3.8) is 0 Å². The number of rotatable bonds is 1. The van der Waals surface area contributed by atoms with Gasteiger partial charge in [-0.3, -0.25) is 0 Å². The van der Waals surface area contributed by atoms with Crippen LogP contribution in [0.25, 0.3) is 6.08 Å². The Labute approximate surface area is 105 Å². The molecule has 1 aliphatic heterocycles. The minimum atomic E-state index is -4.89. The molecule has 0 radical (unpaired) electrons. The number of carboxylic acids is 1. The van der Waals surface area contributed by atoms with Crippen LogP contribution in [0.4, 0.5) is 17.6 Å². The summed E-state index contributed by atoms with van der Waals surface area (Å²) >= 11 is 0.